The number of rotatable bonds is 5. The first kappa shape index (κ1) is 18.6. The van der Waals surface area contributed by atoms with E-state index in [2.05, 4.69) is 35.3 Å². The van der Waals surface area contributed by atoms with Crippen LogP contribution in [0.3, 0.4) is 0 Å². The second kappa shape index (κ2) is 8.50. The average molecular weight is 380 g/mol. The van der Waals surface area contributed by atoms with Gasteiger partial charge in [-0.15, -0.1) is 0 Å². The third-order valence-electron chi connectivity index (χ3n) is 4.55. The van der Waals surface area contributed by atoms with Crippen molar-refractivity contribution >= 4 is 29.0 Å². The lowest BCUT2D eigenvalue weighted by Gasteiger charge is -2.11. The number of esters is 1. The number of carbonyl (C=O) groups is 1. The maximum Gasteiger partial charge on any atom is 0.326 e. The predicted molar refractivity (Wildman–Crippen MR) is 117 cm³/mol. The zero-order valence-electron chi connectivity index (χ0n) is 15.8. The Morgan fingerprint density at radius 3 is 2.28 bits per heavy atom. The number of nitrogens with two attached hydrogens (primary N) is 1. The second-order valence-electron chi connectivity index (χ2n) is 6.57. The van der Waals surface area contributed by atoms with Gasteiger partial charge in [0.2, 0.25) is 5.88 Å². The van der Waals surface area contributed by atoms with Gasteiger partial charge in [0.15, 0.2) is 0 Å². The van der Waals surface area contributed by atoms with Gasteiger partial charge < -0.3 is 10.5 Å². The monoisotopic (exact) mass is 380 g/mol. The van der Waals surface area contributed by atoms with Crippen LogP contribution in [0.4, 0.5) is 0 Å². The first-order valence-electron chi connectivity index (χ1n) is 9.37. The summed E-state index contributed by atoms with van der Waals surface area (Å²) in [5.41, 5.74) is 10.3. The number of aromatic nitrogens is 1. The number of hydrogen-bond acceptors (Lipinski definition) is 4. The van der Waals surface area contributed by atoms with Crippen molar-refractivity contribution in [1.29, 1.82) is 0 Å². The minimum Gasteiger partial charge on any atom is -0.406 e. The highest BCUT2D eigenvalue weighted by Gasteiger charge is 2.11. The fraction of sp³-hybridized carbons (Fsp3) is 0.0400. The molecule has 1 aromatic heterocycles. The van der Waals surface area contributed by atoms with Crippen LogP contribution in [0.15, 0.2) is 84.9 Å². The first-order valence-corrected chi connectivity index (χ1v) is 9.37. The molecule has 0 saturated heterocycles. The lowest BCUT2D eigenvalue weighted by atomic mass is 9.99. The molecule has 0 aliphatic rings. The standard InChI is InChI=1S/C25H20N2O2/c26-17-25(28)29-24-16-21(20-9-5-2-6-10-20)22-15-19(13-14-23(22)27-24)12-11-18-7-3-1-4-8-18/h1-16H,17,26H2. The molecule has 0 aliphatic carbocycles. The fourth-order valence-electron chi connectivity index (χ4n) is 3.15. The van der Waals surface area contributed by atoms with Gasteiger partial charge in [0.05, 0.1) is 12.1 Å². The summed E-state index contributed by atoms with van der Waals surface area (Å²) in [6, 6.07) is 27.9. The molecule has 0 bridgehead atoms. The van der Waals surface area contributed by atoms with E-state index in [-0.39, 0.29) is 12.4 Å². The number of nitrogens with zero attached hydrogens (tertiary/aromatic N) is 1. The maximum absolute atomic E-state index is 11.6. The van der Waals surface area contributed by atoms with Gasteiger partial charge in [0.25, 0.3) is 0 Å². The van der Waals surface area contributed by atoms with Gasteiger partial charge in [0, 0.05) is 11.5 Å². The summed E-state index contributed by atoms with van der Waals surface area (Å²) in [6.07, 6.45) is 4.15. The highest BCUT2D eigenvalue weighted by Crippen LogP contribution is 2.32. The van der Waals surface area contributed by atoms with E-state index in [0.29, 0.717) is 0 Å². The molecule has 0 radical (unpaired) electrons. The largest absolute Gasteiger partial charge is 0.406 e. The summed E-state index contributed by atoms with van der Waals surface area (Å²) in [7, 11) is 0. The van der Waals surface area contributed by atoms with Crippen molar-refractivity contribution in [2.45, 2.75) is 0 Å². The molecule has 0 unspecified atom stereocenters. The lowest BCUT2D eigenvalue weighted by Crippen LogP contribution is -2.20. The summed E-state index contributed by atoms with van der Waals surface area (Å²) in [5, 5.41) is 0.985. The summed E-state index contributed by atoms with van der Waals surface area (Å²) in [6.45, 7) is -0.191. The average Bonchev–Trinajstić information content (AvgIpc) is 2.78. The van der Waals surface area contributed by atoms with Gasteiger partial charge in [-0.25, -0.2) is 4.98 Å². The van der Waals surface area contributed by atoms with E-state index in [9.17, 15) is 4.79 Å². The summed E-state index contributed by atoms with van der Waals surface area (Å²) < 4.78 is 5.28. The minimum absolute atomic E-state index is 0.191. The SMILES string of the molecule is NCC(=O)Oc1cc(-c2ccccc2)c2cc(C=Cc3ccccc3)ccc2n1. The Labute approximate surface area is 169 Å². The highest BCUT2D eigenvalue weighted by atomic mass is 16.5. The second-order valence-corrected chi connectivity index (χ2v) is 6.57. The van der Waals surface area contributed by atoms with Crippen LogP contribution < -0.4 is 10.5 Å². The van der Waals surface area contributed by atoms with Gasteiger partial charge in [-0.2, -0.15) is 0 Å². The molecule has 4 aromatic rings. The third kappa shape index (κ3) is 4.39. The quantitative estimate of drug-likeness (QED) is 0.394. The number of fused-ring (bicyclic) bond motifs is 1. The topological polar surface area (TPSA) is 65.2 Å². The Kier molecular flexibility index (Phi) is 5.45. The van der Waals surface area contributed by atoms with Gasteiger partial charge in [-0.1, -0.05) is 78.9 Å². The maximum atomic E-state index is 11.6. The molecule has 0 spiro atoms. The Balaban J connectivity index is 1.81. The van der Waals surface area contributed by atoms with E-state index in [1.165, 1.54) is 0 Å². The van der Waals surface area contributed by atoms with Crippen LogP contribution in [0.25, 0.3) is 34.2 Å². The first-order chi connectivity index (χ1) is 14.2. The van der Waals surface area contributed by atoms with Crippen LogP contribution in [0, 0.1) is 0 Å². The van der Waals surface area contributed by atoms with E-state index in [0.717, 1.165) is 33.2 Å². The van der Waals surface area contributed by atoms with Gasteiger partial charge in [0.1, 0.15) is 0 Å². The van der Waals surface area contributed by atoms with E-state index < -0.39 is 5.97 Å². The normalized spacial score (nSPS) is 11.1. The molecule has 0 fully saturated rings. The predicted octanol–water partition coefficient (Wildman–Crippen LogP) is 4.94. The number of ether oxygens (including phenoxy) is 1. The Bertz CT molecular complexity index is 1170. The summed E-state index contributed by atoms with van der Waals surface area (Å²) in [5.74, 6) is -0.266. The molecule has 0 atom stereocenters. The van der Waals surface area contributed by atoms with Gasteiger partial charge in [-0.05, 0) is 34.4 Å². The van der Waals surface area contributed by atoms with E-state index in [1.807, 2.05) is 60.7 Å². The fourth-order valence-corrected chi connectivity index (χ4v) is 3.15. The summed E-state index contributed by atoms with van der Waals surface area (Å²) in [4.78, 5) is 16.1. The zero-order chi connectivity index (χ0) is 20.1. The van der Waals surface area contributed by atoms with E-state index in [4.69, 9.17) is 10.5 Å². The van der Waals surface area contributed by atoms with Crippen molar-refractivity contribution in [3.05, 3.63) is 96.1 Å². The number of carbonyl (C=O) groups excluding carboxylic acids is 1. The van der Waals surface area contributed by atoms with Crippen LogP contribution in [-0.2, 0) is 4.79 Å². The van der Waals surface area contributed by atoms with Crippen LogP contribution in [0.2, 0.25) is 0 Å². The van der Waals surface area contributed by atoms with Crippen LogP contribution in [0.1, 0.15) is 11.1 Å². The zero-order valence-corrected chi connectivity index (χ0v) is 15.8. The van der Waals surface area contributed by atoms with Crippen molar-refractivity contribution in [1.82, 2.24) is 4.98 Å². The molecular weight excluding hydrogens is 360 g/mol. The highest BCUT2D eigenvalue weighted by molar-refractivity contribution is 5.97. The molecule has 3 aromatic carbocycles. The molecule has 0 saturated carbocycles. The minimum atomic E-state index is -0.515. The smallest absolute Gasteiger partial charge is 0.326 e. The molecule has 4 nitrogen and oxygen atoms in total. The van der Waals surface area contributed by atoms with Crippen LogP contribution in [-0.4, -0.2) is 17.5 Å². The van der Waals surface area contributed by atoms with Crippen LogP contribution >= 0.6 is 0 Å². The molecular formula is C25H20N2O2. The van der Waals surface area contributed by atoms with Crippen molar-refractivity contribution < 1.29 is 9.53 Å². The Morgan fingerprint density at radius 2 is 1.55 bits per heavy atom. The van der Waals surface area contributed by atoms with Crippen LogP contribution in [0.5, 0.6) is 5.88 Å². The summed E-state index contributed by atoms with van der Waals surface area (Å²) >= 11 is 0. The van der Waals surface area contributed by atoms with Crippen molar-refractivity contribution in [2.75, 3.05) is 6.54 Å². The molecule has 0 aliphatic heterocycles. The molecule has 4 rings (SSSR count). The van der Waals surface area contributed by atoms with Gasteiger partial charge in [-0.3, -0.25) is 4.79 Å². The molecule has 1 heterocycles. The third-order valence-corrected chi connectivity index (χ3v) is 4.55. The number of hydrogen-bond donors (Lipinski definition) is 1. The number of pyridine rings is 1. The van der Waals surface area contributed by atoms with Crippen molar-refractivity contribution in [3.63, 3.8) is 0 Å². The number of benzene rings is 3. The molecule has 142 valence electrons. The Hall–Kier alpha value is -3.76. The van der Waals surface area contributed by atoms with Gasteiger partial charge >= 0.3 is 5.97 Å². The Morgan fingerprint density at radius 1 is 0.862 bits per heavy atom. The molecule has 29 heavy (non-hydrogen) atoms. The molecule has 2 N–H and O–H groups in total. The lowest BCUT2D eigenvalue weighted by molar-refractivity contribution is -0.133. The molecule has 4 heteroatoms. The molecule has 0 amide bonds. The van der Waals surface area contributed by atoms with E-state index >= 15 is 0 Å². The van der Waals surface area contributed by atoms with Crippen molar-refractivity contribution in [3.8, 4) is 17.0 Å². The van der Waals surface area contributed by atoms with E-state index in [1.54, 1.807) is 6.07 Å². The van der Waals surface area contributed by atoms with Crippen molar-refractivity contribution in [2.24, 2.45) is 5.73 Å².